The van der Waals surface area contributed by atoms with Crippen LogP contribution in [0.15, 0.2) is 12.1 Å². The van der Waals surface area contributed by atoms with E-state index in [4.69, 9.17) is 0 Å². The zero-order valence-corrected chi connectivity index (χ0v) is 9.06. The Kier molecular flexibility index (Phi) is 3.31. The van der Waals surface area contributed by atoms with E-state index < -0.39 is 5.97 Å². The van der Waals surface area contributed by atoms with Crippen LogP contribution in [0.1, 0.15) is 16.9 Å². The highest BCUT2D eigenvalue weighted by Gasteiger charge is 2.15. The molecule has 2 heterocycles. The lowest BCUT2D eigenvalue weighted by molar-refractivity contribution is 0.0593. The summed E-state index contributed by atoms with van der Waals surface area (Å²) in [6, 6.07) is 3.72. The van der Waals surface area contributed by atoms with Gasteiger partial charge in [0.1, 0.15) is 5.82 Å². The summed E-state index contributed by atoms with van der Waals surface area (Å²) in [4.78, 5) is 11.1. The molecule has 1 unspecified atom stereocenters. The number of aromatic nitrogens is 2. The summed E-state index contributed by atoms with van der Waals surface area (Å²) in [5, 5.41) is 14.2. The number of ether oxygens (including phenoxy) is 1. The number of hydrogen-bond acceptors (Lipinski definition) is 6. The Morgan fingerprint density at radius 1 is 1.56 bits per heavy atom. The van der Waals surface area contributed by atoms with Gasteiger partial charge in [-0.25, -0.2) is 4.79 Å². The van der Waals surface area contributed by atoms with E-state index in [2.05, 4.69) is 25.6 Å². The second kappa shape index (κ2) is 4.89. The number of hydrogen-bond donors (Lipinski definition) is 2. The van der Waals surface area contributed by atoms with Gasteiger partial charge in [-0.05, 0) is 25.1 Å². The summed E-state index contributed by atoms with van der Waals surface area (Å²) in [6.45, 7) is 1.95. The summed E-state index contributed by atoms with van der Waals surface area (Å²) in [6.07, 6.45) is 1.07. The predicted molar refractivity (Wildman–Crippen MR) is 58.3 cm³/mol. The van der Waals surface area contributed by atoms with Crippen molar-refractivity contribution in [3.63, 3.8) is 0 Å². The minimum Gasteiger partial charge on any atom is -0.464 e. The van der Waals surface area contributed by atoms with E-state index in [0.29, 0.717) is 11.9 Å². The second-order valence-electron chi connectivity index (χ2n) is 3.63. The maximum atomic E-state index is 11.1. The fraction of sp³-hybridized carbons (Fsp3) is 0.500. The first-order chi connectivity index (χ1) is 7.79. The fourth-order valence-electron chi connectivity index (χ4n) is 1.61. The lowest BCUT2D eigenvalue weighted by atomic mass is 10.2. The molecule has 2 N–H and O–H groups in total. The summed E-state index contributed by atoms with van der Waals surface area (Å²) in [5.74, 6) is 0.211. The van der Waals surface area contributed by atoms with E-state index in [9.17, 15) is 4.79 Å². The summed E-state index contributed by atoms with van der Waals surface area (Å²) < 4.78 is 4.54. The third kappa shape index (κ3) is 2.46. The fourth-order valence-corrected chi connectivity index (χ4v) is 1.61. The van der Waals surface area contributed by atoms with Crippen LogP contribution in [0.4, 0.5) is 5.82 Å². The van der Waals surface area contributed by atoms with Gasteiger partial charge < -0.3 is 15.4 Å². The molecule has 2 rings (SSSR count). The van der Waals surface area contributed by atoms with Crippen molar-refractivity contribution < 1.29 is 9.53 Å². The van der Waals surface area contributed by atoms with Gasteiger partial charge in [0.15, 0.2) is 5.69 Å². The minimum atomic E-state index is -0.471. The molecule has 6 nitrogen and oxygen atoms in total. The Bertz CT molecular complexity index is 360. The molecule has 0 spiro atoms. The lowest BCUT2D eigenvalue weighted by Gasteiger charge is -2.10. The molecule has 1 atom stereocenters. The number of nitrogens with zero attached hydrogens (tertiary/aromatic N) is 2. The molecule has 16 heavy (non-hydrogen) atoms. The molecule has 0 aromatic carbocycles. The van der Waals surface area contributed by atoms with Crippen LogP contribution in [0.2, 0.25) is 0 Å². The van der Waals surface area contributed by atoms with Gasteiger partial charge in [0.05, 0.1) is 7.11 Å². The first-order valence-corrected chi connectivity index (χ1v) is 5.19. The van der Waals surface area contributed by atoms with E-state index in [0.717, 1.165) is 19.5 Å². The highest BCUT2D eigenvalue weighted by atomic mass is 16.5. The SMILES string of the molecule is COC(=O)c1ccc(NC2CCNC2)nn1. The van der Waals surface area contributed by atoms with Crippen LogP contribution in [0.25, 0.3) is 0 Å². The third-order valence-electron chi connectivity index (χ3n) is 2.47. The van der Waals surface area contributed by atoms with Gasteiger partial charge in [-0.1, -0.05) is 0 Å². The van der Waals surface area contributed by atoms with Gasteiger partial charge in [-0.2, -0.15) is 0 Å². The van der Waals surface area contributed by atoms with Gasteiger partial charge in [0, 0.05) is 12.6 Å². The van der Waals surface area contributed by atoms with E-state index >= 15 is 0 Å². The van der Waals surface area contributed by atoms with Crippen molar-refractivity contribution in [3.8, 4) is 0 Å². The van der Waals surface area contributed by atoms with Crippen LogP contribution in [0.3, 0.4) is 0 Å². The normalized spacial score (nSPS) is 19.4. The number of nitrogens with one attached hydrogen (secondary N) is 2. The third-order valence-corrected chi connectivity index (χ3v) is 2.47. The Morgan fingerprint density at radius 3 is 3.00 bits per heavy atom. The van der Waals surface area contributed by atoms with Crippen molar-refractivity contribution in [3.05, 3.63) is 17.8 Å². The smallest absolute Gasteiger partial charge is 0.358 e. The maximum absolute atomic E-state index is 11.1. The van der Waals surface area contributed by atoms with Gasteiger partial charge in [0.2, 0.25) is 0 Å². The lowest BCUT2D eigenvalue weighted by Crippen LogP contribution is -2.23. The van der Waals surface area contributed by atoms with Gasteiger partial charge in [-0.15, -0.1) is 10.2 Å². The quantitative estimate of drug-likeness (QED) is 0.703. The molecule has 0 bridgehead atoms. The molecule has 1 fully saturated rings. The summed E-state index contributed by atoms with van der Waals surface area (Å²) in [5.41, 5.74) is 0.220. The number of esters is 1. The van der Waals surface area contributed by atoms with Crippen molar-refractivity contribution in [2.75, 3.05) is 25.5 Å². The van der Waals surface area contributed by atoms with Crippen LogP contribution in [-0.2, 0) is 4.74 Å². The average molecular weight is 222 g/mol. The zero-order valence-electron chi connectivity index (χ0n) is 9.06. The van der Waals surface area contributed by atoms with Crippen LogP contribution < -0.4 is 10.6 Å². The van der Waals surface area contributed by atoms with Crippen LogP contribution in [0, 0.1) is 0 Å². The summed E-state index contributed by atoms with van der Waals surface area (Å²) >= 11 is 0. The Labute approximate surface area is 93.4 Å². The van der Waals surface area contributed by atoms with Gasteiger partial charge in [-0.3, -0.25) is 0 Å². The molecule has 0 radical (unpaired) electrons. The molecule has 0 saturated carbocycles. The van der Waals surface area contributed by atoms with Crippen LogP contribution in [-0.4, -0.2) is 42.4 Å². The molecule has 86 valence electrons. The molecule has 0 amide bonds. The Hall–Kier alpha value is -1.69. The van der Waals surface area contributed by atoms with E-state index in [-0.39, 0.29) is 5.69 Å². The van der Waals surface area contributed by atoms with Crippen molar-refractivity contribution in [1.82, 2.24) is 15.5 Å². The Morgan fingerprint density at radius 2 is 2.44 bits per heavy atom. The molecule has 1 saturated heterocycles. The van der Waals surface area contributed by atoms with Gasteiger partial charge >= 0.3 is 5.97 Å². The first kappa shape index (κ1) is 10.8. The molecule has 1 aliphatic rings. The van der Waals surface area contributed by atoms with E-state index in [1.807, 2.05) is 0 Å². The molecule has 1 aromatic heterocycles. The minimum absolute atomic E-state index is 0.220. The predicted octanol–water partition coefficient (Wildman–Crippen LogP) is 0.0370. The molecular weight excluding hydrogens is 208 g/mol. The number of carbonyl (C=O) groups is 1. The van der Waals surface area contributed by atoms with Crippen molar-refractivity contribution in [1.29, 1.82) is 0 Å². The van der Waals surface area contributed by atoms with Crippen LogP contribution in [0.5, 0.6) is 0 Å². The highest BCUT2D eigenvalue weighted by molar-refractivity contribution is 5.86. The van der Waals surface area contributed by atoms with Crippen molar-refractivity contribution in [2.24, 2.45) is 0 Å². The standard InChI is InChI=1S/C10H14N4O2/c1-16-10(15)8-2-3-9(14-13-8)12-7-4-5-11-6-7/h2-3,7,11H,4-6H2,1H3,(H,12,14). The zero-order chi connectivity index (χ0) is 11.4. The second-order valence-corrected chi connectivity index (χ2v) is 3.63. The number of carbonyl (C=O) groups excluding carboxylic acids is 1. The maximum Gasteiger partial charge on any atom is 0.358 e. The first-order valence-electron chi connectivity index (χ1n) is 5.19. The largest absolute Gasteiger partial charge is 0.464 e. The van der Waals surface area contributed by atoms with Gasteiger partial charge in [0.25, 0.3) is 0 Å². The molecule has 1 aliphatic heterocycles. The molecular formula is C10H14N4O2. The molecule has 0 aliphatic carbocycles. The van der Waals surface area contributed by atoms with Crippen molar-refractivity contribution in [2.45, 2.75) is 12.5 Å². The van der Waals surface area contributed by atoms with E-state index in [1.165, 1.54) is 7.11 Å². The highest BCUT2D eigenvalue weighted by Crippen LogP contribution is 2.08. The average Bonchev–Trinajstić information content (AvgIpc) is 2.82. The number of anilines is 1. The Balaban J connectivity index is 1.98. The topological polar surface area (TPSA) is 76.1 Å². The van der Waals surface area contributed by atoms with Crippen molar-refractivity contribution >= 4 is 11.8 Å². The molecule has 1 aromatic rings. The van der Waals surface area contributed by atoms with E-state index in [1.54, 1.807) is 12.1 Å². The molecule has 6 heteroatoms. The monoisotopic (exact) mass is 222 g/mol. The number of rotatable bonds is 3. The summed E-state index contributed by atoms with van der Waals surface area (Å²) in [7, 11) is 1.32. The van der Waals surface area contributed by atoms with Crippen LogP contribution >= 0.6 is 0 Å². The number of methoxy groups -OCH3 is 1.